The van der Waals surface area contributed by atoms with E-state index in [4.69, 9.17) is 4.74 Å². The number of fused-ring (bicyclic) bond motifs is 1. The van der Waals surface area contributed by atoms with Gasteiger partial charge >= 0.3 is 0 Å². The summed E-state index contributed by atoms with van der Waals surface area (Å²) in [6.07, 6.45) is 10.0. The minimum atomic E-state index is -0.105. The zero-order valence-electron chi connectivity index (χ0n) is 13.5. The fraction of sp³-hybridized carbons (Fsp3) is 0.579. The molecule has 0 atom stereocenters. The Hall–Kier alpha value is -1.64. The van der Waals surface area contributed by atoms with Gasteiger partial charge in [0.15, 0.2) is 11.6 Å². The number of ether oxygens (including phenoxy) is 1. The van der Waals surface area contributed by atoms with E-state index in [-0.39, 0.29) is 18.0 Å². The van der Waals surface area contributed by atoms with Gasteiger partial charge in [0, 0.05) is 5.56 Å². The first-order valence-corrected chi connectivity index (χ1v) is 8.56. The van der Waals surface area contributed by atoms with Crippen LogP contribution < -0.4 is 4.74 Å². The highest BCUT2D eigenvalue weighted by Gasteiger charge is 2.30. The minimum Gasteiger partial charge on any atom is -0.493 e. The summed E-state index contributed by atoms with van der Waals surface area (Å²) in [7, 11) is 0. The molecule has 3 heteroatoms. The highest BCUT2D eigenvalue weighted by Crippen LogP contribution is 2.30. The SMILES string of the molecule is CCCCCCCCCCOc1cccc2c1C(=O)CC2=O. The zero-order valence-corrected chi connectivity index (χ0v) is 13.5. The highest BCUT2D eigenvalue weighted by molar-refractivity contribution is 6.25. The normalized spacial score (nSPS) is 13.5. The average molecular weight is 302 g/mol. The summed E-state index contributed by atoms with van der Waals surface area (Å²) in [5.74, 6) is 0.389. The molecule has 0 N–H and O–H groups in total. The molecule has 3 nitrogen and oxygen atoms in total. The number of hydrogen-bond donors (Lipinski definition) is 0. The molecule has 0 saturated carbocycles. The highest BCUT2D eigenvalue weighted by atomic mass is 16.5. The molecule has 1 aliphatic rings. The number of unbranched alkanes of at least 4 members (excludes halogenated alkanes) is 7. The lowest BCUT2D eigenvalue weighted by molar-refractivity contribution is 0.0922. The van der Waals surface area contributed by atoms with Crippen LogP contribution in [0.25, 0.3) is 0 Å². The van der Waals surface area contributed by atoms with Crippen LogP contribution >= 0.6 is 0 Å². The van der Waals surface area contributed by atoms with Gasteiger partial charge in [-0.15, -0.1) is 0 Å². The minimum absolute atomic E-state index is 0.00648. The molecule has 1 aliphatic carbocycles. The van der Waals surface area contributed by atoms with Crippen molar-refractivity contribution in [1.29, 1.82) is 0 Å². The smallest absolute Gasteiger partial charge is 0.175 e. The van der Waals surface area contributed by atoms with Gasteiger partial charge in [0.05, 0.1) is 18.6 Å². The van der Waals surface area contributed by atoms with Crippen LogP contribution in [0.1, 0.15) is 85.4 Å². The Morgan fingerprint density at radius 1 is 0.909 bits per heavy atom. The number of hydrogen-bond acceptors (Lipinski definition) is 3. The van der Waals surface area contributed by atoms with E-state index in [1.165, 1.54) is 38.5 Å². The summed E-state index contributed by atoms with van der Waals surface area (Å²) in [5, 5.41) is 0. The van der Waals surface area contributed by atoms with Gasteiger partial charge < -0.3 is 4.74 Å². The van der Waals surface area contributed by atoms with E-state index in [0.717, 1.165) is 12.8 Å². The van der Waals surface area contributed by atoms with Crippen LogP contribution in [0.2, 0.25) is 0 Å². The maximum atomic E-state index is 11.9. The average Bonchev–Trinajstić information content (AvgIpc) is 2.81. The third-order valence-electron chi connectivity index (χ3n) is 4.18. The molecular formula is C19H26O3. The van der Waals surface area contributed by atoms with E-state index in [1.807, 2.05) is 0 Å². The molecule has 0 bridgehead atoms. The van der Waals surface area contributed by atoms with Crippen LogP contribution in [0, 0.1) is 0 Å². The van der Waals surface area contributed by atoms with Crippen LogP contribution in [0.4, 0.5) is 0 Å². The molecule has 0 unspecified atom stereocenters. The van der Waals surface area contributed by atoms with Crippen LogP contribution in [-0.2, 0) is 0 Å². The fourth-order valence-electron chi connectivity index (χ4n) is 2.92. The van der Waals surface area contributed by atoms with Crippen molar-refractivity contribution in [1.82, 2.24) is 0 Å². The van der Waals surface area contributed by atoms with Gasteiger partial charge in [-0.2, -0.15) is 0 Å². The van der Waals surface area contributed by atoms with Crippen molar-refractivity contribution in [3.63, 3.8) is 0 Å². The van der Waals surface area contributed by atoms with E-state index in [0.29, 0.717) is 23.5 Å². The maximum Gasteiger partial charge on any atom is 0.175 e. The summed E-state index contributed by atoms with van der Waals surface area (Å²) < 4.78 is 5.74. The largest absolute Gasteiger partial charge is 0.493 e. The predicted molar refractivity (Wildman–Crippen MR) is 87.8 cm³/mol. The number of carbonyl (C=O) groups excluding carboxylic acids is 2. The molecule has 1 aromatic rings. The lowest BCUT2D eigenvalue weighted by Crippen LogP contribution is -2.02. The molecule has 0 amide bonds. The number of rotatable bonds is 10. The third-order valence-corrected chi connectivity index (χ3v) is 4.18. The Labute approximate surface area is 133 Å². The zero-order chi connectivity index (χ0) is 15.8. The summed E-state index contributed by atoms with van der Waals surface area (Å²) >= 11 is 0. The number of carbonyl (C=O) groups is 2. The molecule has 0 aliphatic heterocycles. The third kappa shape index (κ3) is 4.43. The van der Waals surface area contributed by atoms with Crippen LogP contribution in [-0.4, -0.2) is 18.2 Å². The Kier molecular flexibility index (Phi) is 6.63. The van der Waals surface area contributed by atoms with Crippen LogP contribution in [0.5, 0.6) is 5.75 Å². The van der Waals surface area contributed by atoms with Crippen molar-refractivity contribution in [3.05, 3.63) is 29.3 Å². The first-order chi connectivity index (χ1) is 10.7. The summed E-state index contributed by atoms with van der Waals surface area (Å²) in [4.78, 5) is 23.5. The van der Waals surface area contributed by atoms with Gasteiger partial charge in [-0.1, -0.05) is 64.0 Å². The number of Topliss-reactive ketones (excluding diaryl/α,β-unsaturated/α-hetero) is 2. The second-order valence-electron chi connectivity index (χ2n) is 6.03. The van der Waals surface area contributed by atoms with Crippen LogP contribution in [0.15, 0.2) is 18.2 Å². The van der Waals surface area contributed by atoms with E-state index < -0.39 is 0 Å². The molecule has 0 saturated heterocycles. The van der Waals surface area contributed by atoms with Crippen molar-refractivity contribution in [2.75, 3.05) is 6.61 Å². The summed E-state index contributed by atoms with van der Waals surface area (Å²) in [6, 6.07) is 5.30. The van der Waals surface area contributed by atoms with Gasteiger partial charge in [0.1, 0.15) is 5.75 Å². The lowest BCUT2D eigenvalue weighted by atomic mass is 10.1. The summed E-state index contributed by atoms with van der Waals surface area (Å²) in [6.45, 7) is 2.85. The quantitative estimate of drug-likeness (QED) is 0.452. The molecule has 2 rings (SSSR count). The second-order valence-corrected chi connectivity index (χ2v) is 6.03. The number of benzene rings is 1. The monoisotopic (exact) mass is 302 g/mol. The van der Waals surface area contributed by atoms with Crippen LogP contribution in [0.3, 0.4) is 0 Å². The molecule has 0 aromatic heterocycles. The van der Waals surface area contributed by atoms with Crippen molar-refractivity contribution < 1.29 is 14.3 Å². The fourth-order valence-corrected chi connectivity index (χ4v) is 2.92. The Bertz CT molecular complexity index is 519. The topological polar surface area (TPSA) is 43.4 Å². The van der Waals surface area contributed by atoms with Gasteiger partial charge in [0.25, 0.3) is 0 Å². The molecule has 22 heavy (non-hydrogen) atoms. The first-order valence-electron chi connectivity index (χ1n) is 8.56. The summed E-state index contributed by atoms with van der Waals surface area (Å²) in [5.41, 5.74) is 1.02. The van der Waals surface area contributed by atoms with Crippen molar-refractivity contribution in [3.8, 4) is 5.75 Å². The number of ketones is 2. The van der Waals surface area contributed by atoms with Gasteiger partial charge in [0.2, 0.25) is 0 Å². The van der Waals surface area contributed by atoms with E-state index in [1.54, 1.807) is 18.2 Å². The molecule has 120 valence electrons. The molecule has 0 radical (unpaired) electrons. The van der Waals surface area contributed by atoms with E-state index >= 15 is 0 Å². The van der Waals surface area contributed by atoms with Gasteiger partial charge in [-0.25, -0.2) is 0 Å². The van der Waals surface area contributed by atoms with Gasteiger partial charge in [-0.3, -0.25) is 9.59 Å². The van der Waals surface area contributed by atoms with E-state index in [2.05, 4.69) is 6.92 Å². The second kappa shape index (κ2) is 8.72. The lowest BCUT2D eigenvalue weighted by Gasteiger charge is -2.09. The molecule has 0 heterocycles. The Balaban J connectivity index is 1.68. The Morgan fingerprint density at radius 2 is 1.59 bits per heavy atom. The molecule has 0 spiro atoms. The molecule has 1 aromatic carbocycles. The van der Waals surface area contributed by atoms with Crippen molar-refractivity contribution in [2.45, 2.75) is 64.7 Å². The molecule has 0 fully saturated rings. The molecular weight excluding hydrogens is 276 g/mol. The van der Waals surface area contributed by atoms with Gasteiger partial charge in [-0.05, 0) is 12.5 Å². The predicted octanol–water partition coefficient (Wildman–Crippen LogP) is 4.98. The first kappa shape index (κ1) is 16.7. The van der Waals surface area contributed by atoms with Crippen molar-refractivity contribution in [2.24, 2.45) is 0 Å². The Morgan fingerprint density at radius 3 is 2.32 bits per heavy atom. The van der Waals surface area contributed by atoms with E-state index in [9.17, 15) is 9.59 Å². The standard InChI is InChI=1S/C19H26O3/c1-2-3-4-5-6-7-8-9-13-22-18-12-10-11-15-16(20)14-17(21)19(15)18/h10-12H,2-9,13-14H2,1H3. The van der Waals surface area contributed by atoms with Crippen molar-refractivity contribution >= 4 is 11.6 Å². The maximum absolute atomic E-state index is 11.9.